The lowest BCUT2D eigenvalue weighted by Crippen LogP contribution is -2.38. The summed E-state index contributed by atoms with van der Waals surface area (Å²) >= 11 is 0. The minimum atomic E-state index is 0.410. The number of piperidine rings is 1. The van der Waals surface area contributed by atoms with Crippen molar-refractivity contribution in [3.63, 3.8) is 0 Å². The van der Waals surface area contributed by atoms with Crippen molar-refractivity contribution in [1.82, 2.24) is 20.3 Å². The zero-order chi connectivity index (χ0) is 14.1. The number of anilines is 1. The summed E-state index contributed by atoms with van der Waals surface area (Å²) in [7, 11) is 0. The molecule has 1 saturated heterocycles. The maximum absolute atomic E-state index is 5.46. The maximum Gasteiger partial charge on any atom is 0.229 e. The molecule has 1 unspecified atom stereocenters. The molecule has 6 nitrogen and oxygen atoms in total. The molecule has 108 valence electrons. The highest BCUT2D eigenvalue weighted by molar-refractivity contribution is 5.97. The molecule has 21 heavy (non-hydrogen) atoms. The maximum atomic E-state index is 5.46. The number of aromatic amines is 1. The molecule has 3 aromatic rings. The van der Waals surface area contributed by atoms with Crippen LogP contribution in [0.1, 0.15) is 12.8 Å². The molecular weight excluding hydrogens is 266 g/mol. The van der Waals surface area contributed by atoms with Crippen LogP contribution < -0.4 is 10.6 Å². The van der Waals surface area contributed by atoms with Crippen LogP contribution in [0, 0.1) is 0 Å². The van der Waals surface area contributed by atoms with E-state index in [0.29, 0.717) is 11.9 Å². The van der Waals surface area contributed by atoms with Crippen molar-refractivity contribution >= 4 is 16.7 Å². The number of oxazole rings is 1. The van der Waals surface area contributed by atoms with E-state index in [2.05, 4.69) is 25.6 Å². The van der Waals surface area contributed by atoms with Crippen LogP contribution in [-0.2, 0) is 0 Å². The van der Waals surface area contributed by atoms with Gasteiger partial charge in [-0.15, -0.1) is 0 Å². The van der Waals surface area contributed by atoms with Gasteiger partial charge in [-0.25, -0.2) is 9.97 Å². The smallest absolute Gasteiger partial charge is 0.229 e. The Labute approximate surface area is 122 Å². The topological polar surface area (TPSA) is 78.8 Å². The third-order valence-electron chi connectivity index (χ3n) is 3.89. The number of hydrogen-bond donors (Lipinski definition) is 3. The van der Waals surface area contributed by atoms with Crippen LogP contribution in [0.5, 0.6) is 0 Å². The van der Waals surface area contributed by atoms with E-state index in [1.165, 1.54) is 6.42 Å². The average Bonchev–Trinajstić information content (AvgIpc) is 3.20. The molecule has 0 saturated carbocycles. The van der Waals surface area contributed by atoms with Crippen LogP contribution in [0.2, 0.25) is 0 Å². The third kappa shape index (κ3) is 2.27. The summed E-state index contributed by atoms with van der Waals surface area (Å²) in [5, 5.41) is 8.14. The predicted molar refractivity (Wildman–Crippen MR) is 81.1 cm³/mol. The second kappa shape index (κ2) is 5.21. The van der Waals surface area contributed by atoms with Crippen LogP contribution >= 0.6 is 0 Å². The van der Waals surface area contributed by atoms with Gasteiger partial charge in [0.15, 0.2) is 0 Å². The van der Waals surface area contributed by atoms with Gasteiger partial charge in [0, 0.05) is 30.4 Å². The van der Waals surface area contributed by atoms with Gasteiger partial charge < -0.3 is 20.0 Å². The van der Waals surface area contributed by atoms with E-state index >= 15 is 0 Å². The summed E-state index contributed by atoms with van der Waals surface area (Å²) in [6, 6.07) is 2.45. The molecule has 4 rings (SSSR count). The molecule has 0 amide bonds. The summed E-state index contributed by atoms with van der Waals surface area (Å²) in [6.07, 6.45) is 9.30. The van der Waals surface area contributed by atoms with Crippen molar-refractivity contribution in [2.75, 3.05) is 18.4 Å². The average molecular weight is 283 g/mol. The van der Waals surface area contributed by atoms with Gasteiger partial charge in [-0.2, -0.15) is 0 Å². The molecule has 3 aromatic heterocycles. The van der Waals surface area contributed by atoms with Crippen LogP contribution in [0.15, 0.2) is 35.3 Å². The number of hydrogen-bond acceptors (Lipinski definition) is 5. The fourth-order valence-corrected chi connectivity index (χ4v) is 2.86. The van der Waals surface area contributed by atoms with Gasteiger partial charge in [-0.05, 0) is 25.5 Å². The Bertz CT molecular complexity index is 728. The fourth-order valence-electron chi connectivity index (χ4n) is 2.86. The quantitative estimate of drug-likeness (QED) is 0.688. The van der Waals surface area contributed by atoms with E-state index in [9.17, 15) is 0 Å². The predicted octanol–water partition coefficient (Wildman–Crippen LogP) is 2.38. The molecule has 0 radical (unpaired) electrons. The van der Waals surface area contributed by atoms with Gasteiger partial charge in [0.25, 0.3) is 0 Å². The van der Waals surface area contributed by atoms with Gasteiger partial charge >= 0.3 is 0 Å². The summed E-state index contributed by atoms with van der Waals surface area (Å²) < 4.78 is 5.46. The van der Waals surface area contributed by atoms with Crippen molar-refractivity contribution in [3.05, 3.63) is 30.9 Å². The van der Waals surface area contributed by atoms with Crippen molar-refractivity contribution < 1.29 is 4.42 Å². The SMILES string of the molecule is c1coc(-c2cnc3[nH]ccc3c2NC2CCCNC2)n1. The Kier molecular flexibility index (Phi) is 3.08. The normalized spacial score (nSPS) is 19.0. The Morgan fingerprint density at radius 2 is 2.33 bits per heavy atom. The van der Waals surface area contributed by atoms with Crippen molar-refractivity contribution in [3.8, 4) is 11.5 Å². The first-order valence-electron chi connectivity index (χ1n) is 7.25. The van der Waals surface area contributed by atoms with Gasteiger partial charge in [0.05, 0.1) is 17.4 Å². The highest BCUT2D eigenvalue weighted by Gasteiger charge is 2.19. The molecule has 1 fully saturated rings. The molecular formula is C15H17N5O. The summed E-state index contributed by atoms with van der Waals surface area (Å²) in [5.41, 5.74) is 2.81. The molecule has 1 aliphatic rings. The molecule has 4 heterocycles. The summed E-state index contributed by atoms with van der Waals surface area (Å²) in [6.45, 7) is 2.07. The van der Waals surface area contributed by atoms with Crippen LogP contribution in [0.3, 0.4) is 0 Å². The lowest BCUT2D eigenvalue weighted by Gasteiger charge is -2.26. The second-order valence-corrected chi connectivity index (χ2v) is 5.31. The molecule has 0 aliphatic carbocycles. The largest absolute Gasteiger partial charge is 0.444 e. The lowest BCUT2D eigenvalue weighted by atomic mass is 10.1. The van der Waals surface area contributed by atoms with Crippen molar-refractivity contribution in [2.45, 2.75) is 18.9 Å². The number of fused-ring (bicyclic) bond motifs is 1. The highest BCUT2D eigenvalue weighted by atomic mass is 16.3. The minimum Gasteiger partial charge on any atom is -0.444 e. The summed E-state index contributed by atoms with van der Waals surface area (Å²) in [4.78, 5) is 11.9. The van der Waals surface area contributed by atoms with E-state index in [0.717, 1.165) is 41.8 Å². The Hall–Kier alpha value is -2.34. The zero-order valence-electron chi connectivity index (χ0n) is 11.6. The molecule has 0 aromatic carbocycles. The Balaban J connectivity index is 1.79. The summed E-state index contributed by atoms with van der Waals surface area (Å²) in [5.74, 6) is 0.594. The number of nitrogens with zero attached hydrogens (tertiary/aromatic N) is 2. The highest BCUT2D eigenvalue weighted by Crippen LogP contribution is 2.33. The van der Waals surface area contributed by atoms with E-state index < -0.39 is 0 Å². The van der Waals surface area contributed by atoms with Crippen molar-refractivity contribution in [1.29, 1.82) is 0 Å². The Morgan fingerprint density at radius 3 is 3.14 bits per heavy atom. The standard InChI is InChI=1S/C15H17N5O/c1-2-10(8-16-4-1)20-13-11-3-5-17-14(11)19-9-12(13)15-18-6-7-21-15/h3,5-7,9-10,16H,1-2,4,8H2,(H2,17,19,20). The van der Waals surface area contributed by atoms with Gasteiger partial charge in [0.2, 0.25) is 5.89 Å². The molecule has 1 atom stereocenters. The third-order valence-corrected chi connectivity index (χ3v) is 3.89. The first-order valence-corrected chi connectivity index (χ1v) is 7.25. The van der Waals surface area contributed by atoms with E-state index in [4.69, 9.17) is 4.42 Å². The lowest BCUT2D eigenvalue weighted by molar-refractivity contribution is 0.480. The Morgan fingerprint density at radius 1 is 1.33 bits per heavy atom. The minimum absolute atomic E-state index is 0.410. The number of rotatable bonds is 3. The number of nitrogens with one attached hydrogen (secondary N) is 3. The molecule has 3 N–H and O–H groups in total. The molecule has 0 spiro atoms. The van der Waals surface area contributed by atoms with Crippen LogP contribution in [0.25, 0.3) is 22.5 Å². The monoisotopic (exact) mass is 283 g/mol. The van der Waals surface area contributed by atoms with Crippen LogP contribution in [0.4, 0.5) is 5.69 Å². The van der Waals surface area contributed by atoms with Gasteiger partial charge in [0.1, 0.15) is 11.9 Å². The number of H-pyrrole nitrogens is 1. The van der Waals surface area contributed by atoms with Gasteiger partial charge in [-0.1, -0.05) is 0 Å². The molecule has 0 bridgehead atoms. The fraction of sp³-hybridized carbons (Fsp3) is 0.333. The molecule has 1 aliphatic heterocycles. The van der Waals surface area contributed by atoms with Crippen molar-refractivity contribution in [2.24, 2.45) is 0 Å². The molecule has 6 heteroatoms. The van der Waals surface area contributed by atoms with E-state index in [1.807, 2.05) is 18.5 Å². The first kappa shape index (κ1) is 12.4. The van der Waals surface area contributed by atoms with E-state index in [1.54, 1.807) is 12.5 Å². The number of pyridine rings is 1. The first-order chi connectivity index (χ1) is 10.4. The zero-order valence-corrected chi connectivity index (χ0v) is 11.6. The van der Waals surface area contributed by atoms with Crippen LogP contribution in [-0.4, -0.2) is 34.1 Å². The van der Waals surface area contributed by atoms with E-state index in [-0.39, 0.29) is 0 Å². The number of aromatic nitrogens is 3. The second-order valence-electron chi connectivity index (χ2n) is 5.31. The van der Waals surface area contributed by atoms with Gasteiger partial charge in [-0.3, -0.25) is 0 Å².